The fourth-order valence-corrected chi connectivity index (χ4v) is 2.67. The van der Waals surface area contributed by atoms with E-state index in [1.807, 2.05) is 22.9 Å². The van der Waals surface area contributed by atoms with Crippen molar-refractivity contribution in [3.63, 3.8) is 0 Å². The number of rotatable bonds is 4. The van der Waals surface area contributed by atoms with Crippen LogP contribution in [0.5, 0.6) is 0 Å². The van der Waals surface area contributed by atoms with Crippen molar-refractivity contribution in [3.8, 4) is 0 Å². The first-order valence-corrected chi connectivity index (χ1v) is 7.30. The lowest BCUT2D eigenvalue weighted by atomic mass is 10.2. The van der Waals surface area contributed by atoms with E-state index in [4.69, 9.17) is 27.9 Å². The number of amides is 1. The molecular formula is C14H18Cl2N2O2. The molecule has 20 heavy (non-hydrogen) atoms. The summed E-state index contributed by atoms with van der Waals surface area (Å²) < 4.78 is 5.24. The summed E-state index contributed by atoms with van der Waals surface area (Å²) in [5.41, 5.74) is 0.855. The number of ether oxygens (including phenoxy) is 1. The molecule has 0 aliphatic carbocycles. The summed E-state index contributed by atoms with van der Waals surface area (Å²) in [5, 5.41) is 1.26. The van der Waals surface area contributed by atoms with Gasteiger partial charge in [0.25, 0.3) is 0 Å². The number of likely N-dealkylation sites (N-methyl/N-ethyl adjacent to an activating group) is 1. The summed E-state index contributed by atoms with van der Waals surface area (Å²) in [6.07, 6.45) is 0. The number of hydrogen-bond acceptors (Lipinski definition) is 3. The van der Waals surface area contributed by atoms with Crippen molar-refractivity contribution in [2.75, 3.05) is 39.9 Å². The monoisotopic (exact) mass is 316 g/mol. The fraction of sp³-hybridized carbons (Fsp3) is 0.500. The average Bonchev–Trinajstić information content (AvgIpc) is 2.44. The molecule has 4 nitrogen and oxygen atoms in total. The topological polar surface area (TPSA) is 32.8 Å². The van der Waals surface area contributed by atoms with Gasteiger partial charge in [0.15, 0.2) is 0 Å². The lowest BCUT2D eigenvalue weighted by molar-refractivity contribution is -0.136. The van der Waals surface area contributed by atoms with Crippen LogP contribution >= 0.6 is 23.2 Å². The minimum Gasteiger partial charge on any atom is -0.378 e. The summed E-state index contributed by atoms with van der Waals surface area (Å²) in [7, 11) is 1.89. The van der Waals surface area contributed by atoms with Gasteiger partial charge in [-0.05, 0) is 19.2 Å². The van der Waals surface area contributed by atoms with E-state index in [0.29, 0.717) is 49.4 Å². The number of carbonyl (C=O) groups is 1. The first kappa shape index (κ1) is 15.6. The molecule has 0 N–H and O–H groups in total. The number of halogens is 2. The molecule has 1 aromatic carbocycles. The van der Waals surface area contributed by atoms with Crippen LogP contribution in [0.2, 0.25) is 10.0 Å². The van der Waals surface area contributed by atoms with Gasteiger partial charge in [0.05, 0.1) is 19.8 Å². The zero-order chi connectivity index (χ0) is 14.5. The van der Waals surface area contributed by atoms with Crippen LogP contribution in [0.25, 0.3) is 0 Å². The van der Waals surface area contributed by atoms with E-state index in [0.717, 1.165) is 5.56 Å². The Balaban J connectivity index is 1.91. The second-order valence-electron chi connectivity index (χ2n) is 4.87. The van der Waals surface area contributed by atoms with Gasteiger partial charge in [-0.1, -0.05) is 29.3 Å². The van der Waals surface area contributed by atoms with E-state index in [1.165, 1.54) is 0 Å². The van der Waals surface area contributed by atoms with Gasteiger partial charge in [0.1, 0.15) is 0 Å². The number of carbonyl (C=O) groups excluding carboxylic acids is 1. The predicted molar refractivity (Wildman–Crippen MR) is 80.2 cm³/mol. The Labute approximate surface area is 129 Å². The summed E-state index contributed by atoms with van der Waals surface area (Å²) in [6.45, 7) is 3.47. The van der Waals surface area contributed by atoms with Gasteiger partial charge in [-0.2, -0.15) is 0 Å². The summed E-state index contributed by atoms with van der Waals surface area (Å²) >= 11 is 12.3. The van der Waals surface area contributed by atoms with Crippen molar-refractivity contribution in [3.05, 3.63) is 33.8 Å². The maximum Gasteiger partial charge on any atom is 0.236 e. The van der Waals surface area contributed by atoms with E-state index < -0.39 is 0 Å². The van der Waals surface area contributed by atoms with Gasteiger partial charge in [-0.3, -0.25) is 9.69 Å². The Hall–Kier alpha value is -0.810. The third kappa shape index (κ3) is 4.09. The Kier molecular flexibility index (Phi) is 5.66. The zero-order valence-electron chi connectivity index (χ0n) is 11.4. The van der Waals surface area contributed by atoms with E-state index in [1.54, 1.807) is 12.1 Å². The molecule has 1 aliphatic heterocycles. The Morgan fingerprint density at radius 1 is 1.30 bits per heavy atom. The summed E-state index contributed by atoms with van der Waals surface area (Å²) in [6, 6.07) is 5.42. The van der Waals surface area contributed by atoms with E-state index in [9.17, 15) is 4.79 Å². The van der Waals surface area contributed by atoms with Gasteiger partial charge in [-0.15, -0.1) is 0 Å². The van der Waals surface area contributed by atoms with Crippen molar-refractivity contribution in [2.24, 2.45) is 0 Å². The molecule has 0 spiro atoms. The molecule has 0 unspecified atom stereocenters. The lowest BCUT2D eigenvalue weighted by Gasteiger charge is -2.28. The van der Waals surface area contributed by atoms with Crippen molar-refractivity contribution in [2.45, 2.75) is 6.54 Å². The Morgan fingerprint density at radius 2 is 1.90 bits per heavy atom. The molecule has 0 radical (unpaired) electrons. The van der Waals surface area contributed by atoms with E-state index in [2.05, 4.69) is 0 Å². The molecular weight excluding hydrogens is 299 g/mol. The molecule has 1 fully saturated rings. The first-order chi connectivity index (χ1) is 9.58. The van der Waals surface area contributed by atoms with Crippen molar-refractivity contribution >= 4 is 29.1 Å². The Bertz CT molecular complexity index is 456. The van der Waals surface area contributed by atoms with Crippen molar-refractivity contribution in [1.82, 2.24) is 9.80 Å². The van der Waals surface area contributed by atoms with Gasteiger partial charge in [0, 0.05) is 35.2 Å². The summed E-state index contributed by atoms with van der Waals surface area (Å²) in [4.78, 5) is 15.9. The van der Waals surface area contributed by atoms with Crippen LogP contribution in [0.1, 0.15) is 5.56 Å². The van der Waals surface area contributed by atoms with E-state index in [-0.39, 0.29) is 5.91 Å². The third-order valence-electron chi connectivity index (χ3n) is 3.26. The SMILES string of the molecule is CN(CC(=O)N1CCOCC1)Cc1c(Cl)cccc1Cl. The highest BCUT2D eigenvalue weighted by molar-refractivity contribution is 6.35. The standard InChI is InChI=1S/C14H18Cl2N2O2/c1-17(9-11-12(15)3-2-4-13(11)16)10-14(19)18-5-7-20-8-6-18/h2-4H,5-10H2,1H3. The summed E-state index contributed by atoms with van der Waals surface area (Å²) in [5.74, 6) is 0.110. The average molecular weight is 317 g/mol. The molecule has 0 atom stereocenters. The highest BCUT2D eigenvalue weighted by Gasteiger charge is 2.19. The van der Waals surface area contributed by atoms with E-state index >= 15 is 0 Å². The van der Waals surface area contributed by atoms with Gasteiger partial charge in [0.2, 0.25) is 5.91 Å². The second kappa shape index (κ2) is 7.27. The highest BCUT2D eigenvalue weighted by Crippen LogP contribution is 2.25. The van der Waals surface area contributed by atoms with Crippen LogP contribution in [-0.2, 0) is 16.1 Å². The first-order valence-electron chi connectivity index (χ1n) is 6.55. The van der Waals surface area contributed by atoms with Crippen LogP contribution in [0.15, 0.2) is 18.2 Å². The minimum atomic E-state index is 0.110. The molecule has 110 valence electrons. The quantitative estimate of drug-likeness (QED) is 0.854. The minimum absolute atomic E-state index is 0.110. The van der Waals surface area contributed by atoms with Crippen molar-refractivity contribution < 1.29 is 9.53 Å². The predicted octanol–water partition coefficient (Wildman–Crippen LogP) is 2.28. The number of benzene rings is 1. The molecule has 1 saturated heterocycles. The van der Waals surface area contributed by atoms with Gasteiger partial charge in [-0.25, -0.2) is 0 Å². The lowest BCUT2D eigenvalue weighted by Crippen LogP contribution is -2.44. The third-order valence-corrected chi connectivity index (χ3v) is 3.97. The molecule has 1 heterocycles. The number of hydrogen-bond donors (Lipinski definition) is 0. The van der Waals surface area contributed by atoms with Gasteiger partial charge < -0.3 is 9.64 Å². The second-order valence-corrected chi connectivity index (χ2v) is 5.68. The number of morpholine rings is 1. The van der Waals surface area contributed by atoms with Crippen LogP contribution in [0.4, 0.5) is 0 Å². The normalized spacial score (nSPS) is 15.7. The smallest absolute Gasteiger partial charge is 0.236 e. The molecule has 0 saturated carbocycles. The van der Waals surface area contributed by atoms with Crippen LogP contribution in [0, 0.1) is 0 Å². The Morgan fingerprint density at radius 3 is 2.50 bits per heavy atom. The molecule has 0 aromatic heterocycles. The van der Waals surface area contributed by atoms with Crippen LogP contribution in [0.3, 0.4) is 0 Å². The number of nitrogens with zero attached hydrogens (tertiary/aromatic N) is 2. The molecule has 6 heteroatoms. The molecule has 0 bridgehead atoms. The maximum absolute atomic E-state index is 12.1. The molecule has 2 rings (SSSR count). The van der Waals surface area contributed by atoms with Crippen LogP contribution in [-0.4, -0.2) is 55.6 Å². The van der Waals surface area contributed by atoms with Crippen LogP contribution < -0.4 is 0 Å². The fourth-order valence-electron chi connectivity index (χ4n) is 2.15. The van der Waals surface area contributed by atoms with Gasteiger partial charge >= 0.3 is 0 Å². The molecule has 1 amide bonds. The molecule has 1 aromatic rings. The molecule has 1 aliphatic rings. The van der Waals surface area contributed by atoms with Crippen molar-refractivity contribution in [1.29, 1.82) is 0 Å². The maximum atomic E-state index is 12.1. The largest absolute Gasteiger partial charge is 0.378 e. The highest BCUT2D eigenvalue weighted by atomic mass is 35.5. The zero-order valence-corrected chi connectivity index (χ0v) is 13.0.